The Morgan fingerprint density at radius 1 is 1.00 bits per heavy atom. The molecule has 31 heavy (non-hydrogen) atoms. The van der Waals surface area contributed by atoms with Crippen LogP contribution in [0.15, 0.2) is 84.3 Å². The number of nitrogens with one attached hydrogen (secondary N) is 1. The van der Waals surface area contributed by atoms with Gasteiger partial charge >= 0.3 is 0 Å². The van der Waals surface area contributed by atoms with Crippen LogP contribution in [0, 0.1) is 0 Å². The van der Waals surface area contributed by atoms with Crippen molar-refractivity contribution < 1.29 is 9.53 Å². The van der Waals surface area contributed by atoms with Crippen LogP contribution in [0.25, 0.3) is 17.1 Å². The molecule has 4 aromatic rings. The molecule has 2 aromatic heterocycles. The Balaban J connectivity index is 1.65. The summed E-state index contributed by atoms with van der Waals surface area (Å²) in [7, 11) is 1.63. The SMILES string of the molecule is COc1ccc(-n2c(SC(C)C(=O)Nc3ccccc3)nnc2-c2ccncc2)cc1. The van der Waals surface area contributed by atoms with Crippen molar-refractivity contribution in [2.24, 2.45) is 0 Å². The van der Waals surface area contributed by atoms with Gasteiger partial charge in [-0.1, -0.05) is 30.0 Å². The van der Waals surface area contributed by atoms with Crippen molar-refractivity contribution in [1.82, 2.24) is 19.7 Å². The summed E-state index contributed by atoms with van der Waals surface area (Å²) in [5.74, 6) is 1.32. The zero-order chi connectivity index (χ0) is 21.6. The Morgan fingerprint density at radius 3 is 2.39 bits per heavy atom. The van der Waals surface area contributed by atoms with Crippen molar-refractivity contribution in [1.29, 1.82) is 0 Å². The van der Waals surface area contributed by atoms with Gasteiger partial charge in [0.05, 0.1) is 12.4 Å². The first-order chi connectivity index (χ1) is 15.2. The van der Waals surface area contributed by atoms with Gasteiger partial charge in [-0.05, 0) is 55.5 Å². The molecule has 0 fully saturated rings. The second kappa shape index (κ2) is 9.44. The smallest absolute Gasteiger partial charge is 0.237 e. The molecule has 0 spiro atoms. The van der Waals surface area contributed by atoms with Crippen LogP contribution in [-0.2, 0) is 4.79 Å². The van der Waals surface area contributed by atoms with E-state index in [0.717, 1.165) is 22.7 Å². The van der Waals surface area contributed by atoms with Crippen LogP contribution in [0.5, 0.6) is 5.75 Å². The highest BCUT2D eigenvalue weighted by Gasteiger charge is 2.22. The van der Waals surface area contributed by atoms with Crippen LogP contribution >= 0.6 is 11.8 Å². The van der Waals surface area contributed by atoms with E-state index in [2.05, 4.69) is 20.5 Å². The summed E-state index contributed by atoms with van der Waals surface area (Å²) in [5.41, 5.74) is 2.51. The van der Waals surface area contributed by atoms with Crippen molar-refractivity contribution in [2.45, 2.75) is 17.3 Å². The van der Waals surface area contributed by atoms with Crippen LogP contribution in [0.1, 0.15) is 6.92 Å². The Labute approximate surface area is 184 Å². The van der Waals surface area contributed by atoms with Crippen molar-refractivity contribution in [3.8, 4) is 22.8 Å². The standard InChI is InChI=1S/C23H21N5O2S/c1-16(22(29)25-18-6-4-3-5-7-18)31-23-27-26-21(17-12-14-24-15-13-17)28(23)19-8-10-20(30-2)11-9-19/h3-16H,1-2H3,(H,25,29). The fourth-order valence-corrected chi connectivity index (χ4v) is 3.84. The van der Waals surface area contributed by atoms with E-state index < -0.39 is 0 Å². The first-order valence-corrected chi connectivity index (χ1v) is 10.6. The molecule has 1 N–H and O–H groups in total. The first kappa shape index (κ1) is 20.6. The number of benzene rings is 2. The van der Waals surface area contributed by atoms with Gasteiger partial charge in [0.1, 0.15) is 5.75 Å². The molecule has 2 heterocycles. The van der Waals surface area contributed by atoms with Crippen LogP contribution in [0.4, 0.5) is 5.69 Å². The second-order valence-corrected chi connectivity index (χ2v) is 8.00. The number of anilines is 1. The molecule has 2 aromatic carbocycles. The fourth-order valence-electron chi connectivity index (χ4n) is 2.98. The number of nitrogens with zero attached hydrogens (tertiary/aromatic N) is 4. The molecule has 0 saturated carbocycles. The predicted molar refractivity (Wildman–Crippen MR) is 122 cm³/mol. The number of para-hydroxylation sites is 1. The third-order valence-electron chi connectivity index (χ3n) is 4.60. The summed E-state index contributed by atoms with van der Waals surface area (Å²) >= 11 is 1.35. The fraction of sp³-hybridized carbons (Fsp3) is 0.130. The van der Waals surface area contributed by atoms with Gasteiger partial charge in [0.15, 0.2) is 11.0 Å². The molecule has 0 aliphatic rings. The summed E-state index contributed by atoms with van der Waals surface area (Å²) in [4.78, 5) is 16.8. The van der Waals surface area contributed by atoms with E-state index in [1.165, 1.54) is 11.8 Å². The summed E-state index contributed by atoms with van der Waals surface area (Å²) < 4.78 is 7.21. The largest absolute Gasteiger partial charge is 0.497 e. The lowest BCUT2D eigenvalue weighted by atomic mass is 10.2. The van der Waals surface area contributed by atoms with Gasteiger partial charge in [0, 0.05) is 29.3 Å². The number of thioether (sulfide) groups is 1. The number of ether oxygens (including phenoxy) is 1. The lowest BCUT2D eigenvalue weighted by Crippen LogP contribution is -2.22. The number of hydrogen-bond acceptors (Lipinski definition) is 6. The molecule has 0 bridgehead atoms. The highest BCUT2D eigenvalue weighted by Crippen LogP contribution is 2.31. The van der Waals surface area contributed by atoms with Gasteiger partial charge < -0.3 is 10.1 Å². The van der Waals surface area contributed by atoms with Gasteiger partial charge in [-0.2, -0.15) is 0 Å². The molecule has 4 rings (SSSR count). The van der Waals surface area contributed by atoms with Crippen LogP contribution in [-0.4, -0.2) is 38.0 Å². The van der Waals surface area contributed by atoms with Crippen molar-refractivity contribution in [3.63, 3.8) is 0 Å². The van der Waals surface area contributed by atoms with Crippen LogP contribution in [0.3, 0.4) is 0 Å². The Bertz CT molecular complexity index is 1150. The maximum absolute atomic E-state index is 12.7. The molecule has 1 unspecified atom stereocenters. The highest BCUT2D eigenvalue weighted by atomic mass is 32.2. The van der Waals surface area contributed by atoms with Crippen molar-refractivity contribution in [2.75, 3.05) is 12.4 Å². The maximum Gasteiger partial charge on any atom is 0.237 e. The third-order valence-corrected chi connectivity index (χ3v) is 5.64. The second-order valence-electron chi connectivity index (χ2n) is 6.69. The zero-order valence-electron chi connectivity index (χ0n) is 17.1. The number of pyridine rings is 1. The number of carbonyl (C=O) groups excluding carboxylic acids is 1. The van der Waals surface area contributed by atoms with Gasteiger partial charge in [0.25, 0.3) is 0 Å². The predicted octanol–water partition coefficient (Wildman–Crippen LogP) is 4.46. The molecule has 0 aliphatic carbocycles. The number of amides is 1. The Morgan fingerprint density at radius 2 is 1.71 bits per heavy atom. The Kier molecular flexibility index (Phi) is 6.28. The highest BCUT2D eigenvalue weighted by molar-refractivity contribution is 8.00. The molecular weight excluding hydrogens is 410 g/mol. The number of rotatable bonds is 7. The third kappa shape index (κ3) is 4.75. The molecule has 1 atom stereocenters. The average molecular weight is 432 g/mol. The van der Waals surface area contributed by atoms with Crippen LogP contribution < -0.4 is 10.1 Å². The molecule has 8 heteroatoms. The minimum atomic E-state index is -0.383. The summed E-state index contributed by atoms with van der Waals surface area (Å²) in [6.45, 7) is 1.85. The molecule has 0 saturated heterocycles. The number of carbonyl (C=O) groups is 1. The molecule has 7 nitrogen and oxygen atoms in total. The normalized spacial score (nSPS) is 11.7. The first-order valence-electron chi connectivity index (χ1n) is 9.68. The number of aromatic nitrogens is 4. The number of hydrogen-bond donors (Lipinski definition) is 1. The molecule has 0 aliphatic heterocycles. The van der Waals surface area contributed by atoms with Gasteiger partial charge in [-0.15, -0.1) is 10.2 Å². The molecular formula is C23H21N5O2S. The molecule has 156 valence electrons. The summed E-state index contributed by atoms with van der Waals surface area (Å²) in [6.07, 6.45) is 3.43. The van der Waals surface area contributed by atoms with Gasteiger partial charge in [-0.25, -0.2) is 0 Å². The van der Waals surface area contributed by atoms with E-state index in [1.54, 1.807) is 19.5 Å². The number of methoxy groups -OCH3 is 1. The summed E-state index contributed by atoms with van der Waals surface area (Å²) in [5, 5.41) is 12.0. The lowest BCUT2D eigenvalue weighted by Gasteiger charge is -2.14. The molecule has 1 amide bonds. The van der Waals surface area contributed by atoms with Crippen LogP contribution in [0.2, 0.25) is 0 Å². The quantitative estimate of drug-likeness (QED) is 0.435. The van der Waals surface area contributed by atoms with Gasteiger partial charge in [0.2, 0.25) is 5.91 Å². The van der Waals surface area contributed by atoms with E-state index in [-0.39, 0.29) is 11.2 Å². The minimum absolute atomic E-state index is 0.106. The van der Waals surface area contributed by atoms with E-state index in [1.807, 2.05) is 78.2 Å². The van der Waals surface area contributed by atoms with E-state index >= 15 is 0 Å². The van der Waals surface area contributed by atoms with E-state index in [0.29, 0.717) is 11.0 Å². The monoisotopic (exact) mass is 431 g/mol. The molecule has 0 radical (unpaired) electrons. The lowest BCUT2D eigenvalue weighted by molar-refractivity contribution is -0.115. The topological polar surface area (TPSA) is 81.9 Å². The zero-order valence-corrected chi connectivity index (χ0v) is 17.9. The maximum atomic E-state index is 12.7. The minimum Gasteiger partial charge on any atom is -0.497 e. The van der Waals surface area contributed by atoms with Crippen molar-refractivity contribution >= 4 is 23.4 Å². The van der Waals surface area contributed by atoms with Crippen molar-refractivity contribution in [3.05, 3.63) is 79.1 Å². The average Bonchev–Trinajstić information content (AvgIpc) is 3.23. The van der Waals surface area contributed by atoms with E-state index in [9.17, 15) is 4.79 Å². The van der Waals surface area contributed by atoms with E-state index in [4.69, 9.17) is 4.74 Å². The van der Waals surface area contributed by atoms with Gasteiger partial charge in [-0.3, -0.25) is 14.3 Å². The summed E-state index contributed by atoms with van der Waals surface area (Å²) in [6, 6.07) is 20.8. The Hall–Kier alpha value is -3.65.